The molecule has 0 saturated carbocycles. The van der Waals surface area contributed by atoms with Crippen molar-refractivity contribution in [1.82, 2.24) is 0 Å². The summed E-state index contributed by atoms with van der Waals surface area (Å²) in [5.41, 5.74) is -1.71. The van der Waals surface area contributed by atoms with E-state index in [2.05, 4.69) is 0 Å². The summed E-state index contributed by atoms with van der Waals surface area (Å²) >= 11 is 0. The van der Waals surface area contributed by atoms with Crippen molar-refractivity contribution in [3.8, 4) is 22.6 Å². The molecule has 0 atom stereocenters. The summed E-state index contributed by atoms with van der Waals surface area (Å²) in [6, 6.07) is 10.8. The lowest BCUT2D eigenvalue weighted by atomic mass is 9.91. The maximum Gasteiger partial charge on any atom is 0.416 e. The van der Waals surface area contributed by atoms with E-state index in [0.29, 0.717) is 0 Å². The quantitative estimate of drug-likeness (QED) is 0.321. The summed E-state index contributed by atoms with van der Waals surface area (Å²) in [4.78, 5) is 0. The number of phenolic OH excluding ortho intramolecular Hbond substituents is 2. The lowest BCUT2D eigenvalue weighted by molar-refractivity contribution is -0.138. The first-order chi connectivity index (χ1) is 14.0. The highest BCUT2D eigenvalue weighted by atomic mass is 19.4. The fourth-order valence-corrected chi connectivity index (χ4v) is 3.51. The Labute approximate surface area is 165 Å². The zero-order valence-corrected chi connectivity index (χ0v) is 14.9. The van der Waals surface area contributed by atoms with Gasteiger partial charge in [-0.1, -0.05) is 24.3 Å². The Hall–Kier alpha value is -3.42. The minimum atomic E-state index is -4.57. The van der Waals surface area contributed by atoms with Crippen molar-refractivity contribution in [2.75, 3.05) is 0 Å². The monoisotopic (exact) mass is 422 g/mol. The van der Waals surface area contributed by atoms with Crippen molar-refractivity contribution in [3.63, 3.8) is 0 Å². The van der Waals surface area contributed by atoms with E-state index in [-0.39, 0.29) is 44.2 Å². The molecule has 0 saturated heterocycles. The molecule has 2 nitrogen and oxygen atoms in total. The number of aromatic hydroxyl groups is 2. The van der Waals surface area contributed by atoms with Crippen LogP contribution in [-0.2, 0) is 12.4 Å². The predicted octanol–water partition coefficient (Wildman–Crippen LogP) is 7.11. The van der Waals surface area contributed by atoms with Gasteiger partial charge in [-0.05, 0) is 57.9 Å². The summed E-state index contributed by atoms with van der Waals surface area (Å²) < 4.78 is 78.3. The molecule has 0 unspecified atom stereocenters. The van der Waals surface area contributed by atoms with Crippen LogP contribution < -0.4 is 0 Å². The number of fused-ring (bicyclic) bond motifs is 2. The van der Waals surface area contributed by atoms with Gasteiger partial charge in [-0.15, -0.1) is 0 Å². The number of rotatable bonds is 1. The van der Waals surface area contributed by atoms with Gasteiger partial charge in [-0.3, -0.25) is 0 Å². The van der Waals surface area contributed by atoms with E-state index in [9.17, 15) is 36.6 Å². The average molecular weight is 422 g/mol. The molecule has 0 aliphatic rings. The molecule has 8 heteroatoms. The summed E-state index contributed by atoms with van der Waals surface area (Å²) in [6.07, 6.45) is -9.14. The third-order valence-corrected chi connectivity index (χ3v) is 4.90. The Balaban J connectivity index is 2.04. The van der Waals surface area contributed by atoms with Gasteiger partial charge in [0.1, 0.15) is 11.5 Å². The van der Waals surface area contributed by atoms with Crippen LogP contribution in [-0.4, -0.2) is 10.2 Å². The third-order valence-electron chi connectivity index (χ3n) is 4.90. The van der Waals surface area contributed by atoms with Crippen LogP contribution in [0.4, 0.5) is 26.3 Å². The number of hydrogen-bond donors (Lipinski definition) is 2. The van der Waals surface area contributed by atoms with Gasteiger partial charge in [0, 0.05) is 11.1 Å². The molecule has 0 aliphatic heterocycles. The second-order valence-corrected chi connectivity index (χ2v) is 6.79. The van der Waals surface area contributed by atoms with Crippen LogP contribution in [0.5, 0.6) is 11.5 Å². The molecule has 0 fully saturated rings. The second-order valence-electron chi connectivity index (χ2n) is 6.79. The normalized spacial score (nSPS) is 12.6. The fourth-order valence-electron chi connectivity index (χ4n) is 3.51. The molecule has 4 rings (SSSR count). The van der Waals surface area contributed by atoms with Crippen molar-refractivity contribution in [2.45, 2.75) is 12.4 Å². The Bertz CT molecular complexity index is 1190. The Kier molecular flexibility index (Phi) is 4.34. The molecule has 4 aromatic carbocycles. The number of halogens is 6. The number of hydrogen-bond acceptors (Lipinski definition) is 2. The van der Waals surface area contributed by atoms with Gasteiger partial charge < -0.3 is 10.2 Å². The molecule has 2 N–H and O–H groups in total. The molecule has 30 heavy (non-hydrogen) atoms. The highest BCUT2D eigenvalue weighted by Gasteiger charge is 2.32. The molecule has 0 heterocycles. The average Bonchev–Trinajstić information content (AvgIpc) is 2.66. The van der Waals surface area contributed by atoms with E-state index < -0.39 is 23.5 Å². The van der Waals surface area contributed by atoms with E-state index in [1.54, 1.807) is 0 Å². The van der Waals surface area contributed by atoms with E-state index >= 15 is 0 Å². The van der Waals surface area contributed by atoms with Crippen LogP contribution in [0.3, 0.4) is 0 Å². The molecular formula is C22H12F6O2. The molecule has 0 aliphatic carbocycles. The molecule has 4 aromatic rings. The van der Waals surface area contributed by atoms with E-state index in [0.717, 1.165) is 36.4 Å². The summed E-state index contributed by atoms with van der Waals surface area (Å²) in [5.74, 6) is -0.657. The molecule has 0 bridgehead atoms. The van der Waals surface area contributed by atoms with Crippen LogP contribution in [0, 0.1) is 0 Å². The maximum absolute atomic E-state index is 13.0. The van der Waals surface area contributed by atoms with Gasteiger partial charge in [0.05, 0.1) is 11.1 Å². The van der Waals surface area contributed by atoms with E-state index in [1.165, 1.54) is 24.3 Å². The van der Waals surface area contributed by atoms with Crippen LogP contribution in [0.2, 0.25) is 0 Å². The van der Waals surface area contributed by atoms with E-state index in [4.69, 9.17) is 0 Å². The van der Waals surface area contributed by atoms with Crippen LogP contribution in [0.1, 0.15) is 11.1 Å². The summed E-state index contributed by atoms with van der Waals surface area (Å²) in [7, 11) is 0. The lowest BCUT2D eigenvalue weighted by Gasteiger charge is -2.16. The molecular weight excluding hydrogens is 410 g/mol. The first kappa shape index (κ1) is 19.9. The minimum Gasteiger partial charge on any atom is -0.507 e. The van der Waals surface area contributed by atoms with Gasteiger partial charge in [0.25, 0.3) is 0 Å². The zero-order valence-electron chi connectivity index (χ0n) is 14.9. The highest BCUT2D eigenvalue weighted by Crippen LogP contribution is 2.46. The van der Waals surface area contributed by atoms with Gasteiger partial charge in [-0.25, -0.2) is 0 Å². The van der Waals surface area contributed by atoms with Gasteiger partial charge >= 0.3 is 12.4 Å². The summed E-state index contributed by atoms with van der Waals surface area (Å²) in [5, 5.41) is 21.6. The largest absolute Gasteiger partial charge is 0.507 e. The summed E-state index contributed by atoms with van der Waals surface area (Å²) in [6.45, 7) is 0. The maximum atomic E-state index is 13.0. The van der Waals surface area contributed by atoms with Gasteiger partial charge in [0.2, 0.25) is 0 Å². The lowest BCUT2D eigenvalue weighted by Crippen LogP contribution is -2.04. The van der Waals surface area contributed by atoms with Gasteiger partial charge in [-0.2, -0.15) is 26.3 Å². The fraction of sp³-hybridized carbons (Fsp3) is 0.0909. The van der Waals surface area contributed by atoms with Gasteiger partial charge in [0.15, 0.2) is 0 Å². The number of alkyl halides is 6. The van der Waals surface area contributed by atoms with Crippen molar-refractivity contribution >= 4 is 21.5 Å². The molecule has 0 amide bonds. The second kappa shape index (κ2) is 6.55. The molecule has 0 spiro atoms. The Morgan fingerprint density at radius 3 is 1.20 bits per heavy atom. The van der Waals surface area contributed by atoms with Crippen LogP contribution in [0.25, 0.3) is 32.7 Å². The SMILES string of the molecule is Oc1ccc2cc(C(F)(F)F)ccc2c1-c1c(O)ccc2cc(C(F)(F)F)ccc12. The molecule has 0 aromatic heterocycles. The molecule has 154 valence electrons. The van der Waals surface area contributed by atoms with Crippen LogP contribution >= 0.6 is 0 Å². The standard InChI is InChI=1S/C22H12F6O2/c23-21(24,25)13-3-5-15-11(9-13)1-7-17(29)19(15)20-16-6-4-14(22(26,27)28)10-12(16)2-8-18(20)30/h1-10,29-30H. The molecule has 0 radical (unpaired) electrons. The minimum absolute atomic E-state index is 0.0316. The first-order valence-electron chi connectivity index (χ1n) is 8.63. The van der Waals surface area contributed by atoms with Crippen molar-refractivity contribution in [2.24, 2.45) is 0 Å². The topological polar surface area (TPSA) is 40.5 Å². The highest BCUT2D eigenvalue weighted by molar-refractivity contribution is 6.09. The van der Waals surface area contributed by atoms with Crippen molar-refractivity contribution in [1.29, 1.82) is 0 Å². The number of benzene rings is 4. The predicted molar refractivity (Wildman–Crippen MR) is 100 cm³/mol. The van der Waals surface area contributed by atoms with Crippen LogP contribution in [0.15, 0.2) is 60.7 Å². The van der Waals surface area contributed by atoms with E-state index in [1.807, 2.05) is 0 Å². The Morgan fingerprint density at radius 2 is 0.867 bits per heavy atom. The third kappa shape index (κ3) is 3.28. The Morgan fingerprint density at radius 1 is 0.500 bits per heavy atom. The van der Waals surface area contributed by atoms with Crippen molar-refractivity contribution in [3.05, 3.63) is 71.8 Å². The first-order valence-corrected chi connectivity index (χ1v) is 8.63. The zero-order chi connectivity index (χ0) is 21.8. The number of phenols is 2. The van der Waals surface area contributed by atoms with Crippen molar-refractivity contribution < 1.29 is 36.6 Å². The smallest absolute Gasteiger partial charge is 0.416 e.